The summed E-state index contributed by atoms with van der Waals surface area (Å²) in [4.78, 5) is 0. The molecule has 0 unspecified atom stereocenters. The number of phenolic OH excluding ortho intramolecular Hbond substituents is 1. The molecule has 0 aliphatic carbocycles. The van der Waals surface area contributed by atoms with Gasteiger partial charge in [-0.2, -0.15) is 0 Å². The van der Waals surface area contributed by atoms with Gasteiger partial charge in [0.2, 0.25) is 0 Å². The fraction of sp³-hybridized carbons (Fsp3) is 0.200. The van der Waals surface area contributed by atoms with Gasteiger partial charge in [0.25, 0.3) is 0 Å². The quantitative estimate of drug-likeness (QED) is 0.869. The summed E-state index contributed by atoms with van der Waals surface area (Å²) in [5, 5.41) is 13.0. The zero-order chi connectivity index (χ0) is 14.5. The SMILES string of the molecule is CCOc1cccc(CNc2cccc(Cl)c2F)c1O. The highest BCUT2D eigenvalue weighted by Gasteiger charge is 2.10. The Labute approximate surface area is 122 Å². The van der Waals surface area contributed by atoms with E-state index in [1.165, 1.54) is 6.07 Å². The van der Waals surface area contributed by atoms with E-state index in [0.717, 1.165) is 0 Å². The van der Waals surface area contributed by atoms with E-state index in [0.29, 0.717) is 23.6 Å². The van der Waals surface area contributed by atoms with Crippen molar-refractivity contribution in [3.63, 3.8) is 0 Å². The molecule has 2 N–H and O–H groups in total. The first-order valence-electron chi connectivity index (χ1n) is 6.25. The van der Waals surface area contributed by atoms with Crippen molar-refractivity contribution in [3.05, 3.63) is 52.8 Å². The van der Waals surface area contributed by atoms with Crippen LogP contribution in [0.2, 0.25) is 5.02 Å². The van der Waals surface area contributed by atoms with Crippen LogP contribution >= 0.6 is 11.6 Å². The summed E-state index contributed by atoms with van der Waals surface area (Å²) in [6.45, 7) is 2.57. The van der Waals surface area contributed by atoms with Crippen LogP contribution in [0.1, 0.15) is 12.5 Å². The molecule has 3 nitrogen and oxygen atoms in total. The average Bonchev–Trinajstić information content (AvgIpc) is 2.44. The first kappa shape index (κ1) is 14.5. The Morgan fingerprint density at radius 1 is 1.25 bits per heavy atom. The van der Waals surface area contributed by atoms with Crippen LogP contribution in [0.4, 0.5) is 10.1 Å². The van der Waals surface area contributed by atoms with E-state index in [2.05, 4.69) is 5.32 Å². The van der Waals surface area contributed by atoms with Crippen LogP contribution in [0.3, 0.4) is 0 Å². The standard InChI is InChI=1S/C15H15ClFNO2/c1-2-20-13-8-3-5-10(15(13)19)9-18-12-7-4-6-11(16)14(12)17/h3-8,18-19H,2,9H2,1H3. The Kier molecular flexibility index (Phi) is 4.69. The maximum Gasteiger partial charge on any atom is 0.164 e. The van der Waals surface area contributed by atoms with E-state index in [9.17, 15) is 9.50 Å². The molecular formula is C15H15ClFNO2. The van der Waals surface area contributed by atoms with Gasteiger partial charge >= 0.3 is 0 Å². The predicted octanol–water partition coefficient (Wildman–Crippen LogP) is 4.20. The van der Waals surface area contributed by atoms with Gasteiger partial charge in [-0.25, -0.2) is 4.39 Å². The molecule has 0 heterocycles. The Bertz CT molecular complexity index is 604. The van der Waals surface area contributed by atoms with Crippen LogP contribution in [-0.4, -0.2) is 11.7 Å². The smallest absolute Gasteiger partial charge is 0.164 e. The Morgan fingerprint density at radius 3 is 2.75 bits per heavy atom. The number of hydrogen-bond donors (Lipinski definition) is 2. The van der Waals surface area contributed by atoms with Gasteiger partial charge in [-0.05, 0) is 25.1 Å². The molecule has 0 saturated heterocycles. The van der Waals surface area contributed by atoms with Gasteiger partial charge in [0.15, 0.2) is 17.3 Å². The summed E-state index contributed by atoms with van der Waals surface area (Å²) in [6.07, 6.45) is 0. The topological polar surface area (TPSA) is 41.5 Å². The van der Waals surface area contributed by atoms with Crippen molar-refractivity contribution in [2.24, 2.45) is 0 Å². The van der Waals surface area contributed by atoms with Gasteiger partial charge in [0.1, 0.15) is 0 Å². The fourth-order valence-corrected chi connectivity index (χ4v) is 1.99. The van der Waals surface area contributed by atoms with Crippen molar-refractivity contribution < 1.29 is 14.2 Å². The number of nitrogens with one attached hydrogen (secondary N) is 1. The van der Waals surface area contributed by atoms with Crippen LogP contribution in [0.25, 0.3) is 0 Å². The van der Waals surface area contributed by atoms with Crippen LogP contribution in [-0.2, 0) is 6.54 Å². The minimum atomic E-state index is -0.505. The summed E-state index contributed by atoms with van der Waals surface area (Å²) in [5.41, 5.74) is 0.911. The minimum absolute atomic E-state index is 0.0577. The first-order valence-corrected chi connectivity index (χ1v) is 6.62. The maximum atomic E-state index is 13.7. The first-order chi connectivity index (χ1) is 9.63. The second-order valence-electron chi connectivity index (χ2n) is 4.15. The van der Waals surface area contributed by atoms with Gasteiger partial charge in [-0.3, -0.25) is 0 Å². The lowest BCUT2D eigenvalue weighted by Crippen LogP contribution is -2.03. The Hall–Kier alpha value is -1.94. The van der Waals surface area contributed by atoms with Crippen molar-refractivity contribution in [2.75, 3.05) is 11.9 Å². The molecule has 0 fully saturated rings. The van der Waals surface area contributed by atoms with Crippen LogP contribution in [0.15, 0.2) is 36.4 Å². The number of rotatable bonds is 5. The fourth-order valence-electron chi connectivity index (χ4n) is 1.81. The second kappa shape index (κ2) is 6.48. The maximum absolute atomic E-state index is 13.7. The third-order valence-electron chi connectivity index (χ3n) is 2.80. The van der Waals surface area contributed by atoms with Gasteiger partial charge < -0.3 is 15.2 Å². The lowest BCUT2D eigenvalue weighted by molar-refractivity contribution is 0.317. The molecule has 2 rings (SSSR count). The predicted molar refractivity (Wildman–Crippen MR) is 78.0 cm³/mol. The van der Waals surface area contributed by atoms with Gasteiger partial charge in [0.05, 0.1) is 17.3 Å². The number of para-hydroxylation sites is 1. The molecule has 0 atom stereocenters. The average molecular weight is 296 g/mol. The molecule has 0 amide bonds. The van der Waals surface area contributed by atoms with Crippen molar-refractivity contribution in [1.29, 1.82) is 0 Å². The van der Waals surface area contributed by atoms with E-state index in [4.69, 9.17) is 16.3 Å². The van der Waals surface area contributed by atoms with E-state index in [-0.39, 0.29) is 17.3 Å². The molecule has 5 heteroatoms. The highest BCUT2D eigenvalue weighted by Crippen LogP contribution is 2.31. The van der Waals surface area contributed by atoms with Crippen LogP contribution in [0, 0.1) is 5.82 Å². The second-order valence-corrected chi connectivity index (χ2v) is 4.56. The van der Waals surface area contributed by atoms with E-state index >= 15 is 0 Å². The van der Waals surface area contributed by atoms with Crippen molar-refractivity contribution in [2.45, 2.75) is 13.5 Å². The molecule has 0 aromatic heterocycles. The number of halogens is 2. The number of anilines is 1. The number of phenols is 1. The normalized spacial score (nSPS) is 10.3. The molecular weight excluding hydrogens is 281 g/mol. The van der Waals surface area contributed by atoms with E-state index in [1.54, 1.807) is 30.3 Å². The third kappa shape index (κ3) is 3.14. The molecule has 0 radical (unpaired) electrons. The lowest BCUT2D eigenvalue weighted by atomic mass is 10.1. The largest absolute Gasteiger partial charge is 0.504 e. The lowest BCUT2D eigenvalue weighted by Gasteiger charge is -2.12. The van der Waals surface area contributed by atoms with E-state index in [1.807, 2.05) is 6.92 Å². The molecule has 0 aliphatic rings. The third-order valence-corrected chi connectivity index (χ3v) is 3.10. The van der Waals surface area contributed by atoms with Crippen molar-refractivity contribution >= 4 is 17.3 Å². The summed E-state index contributed by atoms with van der Waals surface area (Å²) in [6, 6.07) is 9.93. The number of aromatic hydroxyl groups is 1. The zero-order valence-electron chi connectivity index (χ0n) is 11.0. The molecule has 2 aromatic carbocycles. The van der Waals surface area contributed by atoms with Crippen molar-refractivity contribution in [1.82, 2.24) is 0 Å². The highest BCUT2D eigenvalue weighted by atomic mass is 35.5. The molecule has 106 valence electrons. The zero-order valence-corrected chi connectivity index (χ0v) is 11.7. The molecule has 0 spiro atoms. The molecule has 2 aromatic rings. The minimum Gasteiger partial charge on any atom is -0.504 e. The molecule has 20 heavy (non-hydrogen) atoms. The monoisotopic (exact) mass is 295 g/mol. The highest BCUT2D eigenvalue weighted by molar-refractivity contribution is 6.31. The van der Waals surface area contributed by atoms with E-state index < -0.39 is 5.82 Å². The Morgan fingerprint density at radius 2 is 2.00 bits per heavy atom. The Balaban J connectivity index is 2.15. The van der Waals surface area contributed by atoms with Gasteiger partial charge in [-0.1, -0.05) is 29.8 Å². The van der Waals surface area contributed by atoms with Crippen LogP contribution < -0.4 is 10.1 Å². The summed E-state index contributed by atoms with van der Waals surface area (Å²) in [7, 11) is 0. The van der Waals surface area contributed by atoms with Crippen LogP contribution in [0.5, 0.6) is 11.5 Å². The number of ether oxygens (including phenoxy) is 1. The number of benzene rings is 2. The molecule has 0 bridgehead atoms. The molecule has 0 saturated carbocycles. The van der Waals surface area contributed by atoms with Gasteiger partial charge in [-0.15, -0.1) is 0 Å². The van der Waals surface area contributed by atoms with Crippen molar-refractivity contribution in [3.8, 4) is 11.5 Å². The van der Waals surface area contributed by atoms with Gasteiger partial charge in [0, 0.05) is 12.1 Å². The summed E-state index contributed by atoms with van der Waals surface area (Å²) >= 11 is 5.71. The summed E-state index contributed by atoms with van der Waals surface area (Å²) < 4.78 is 19.0. The number of hydrogen-bond acceptors (Lipinski definition) is 3. The summed E-state index contributed by atoms with van der Waals surface area (Å²) in [5.74, 6) is -0.0303. The molecule has 0 aliphatic heterocycles.